The number of amidine groups is 1. The molecule has 1 amide bonds. The van der Waals surface area contributed by atoms with E-state index in [0.29, 0.717) is 30.4 Å². The van der Waals surface area contributed by atoms with Gasteiger partial charge >= 0.3 is 6.09 Å². The molecule has 0 saturated heterocycles. The largest absolute Gasteiger partial charge is 0.443 e. The fourth-order valence-corrected chi connectivity index (χ4v) is 9.01. The summed E-state index contributed by atoms with van der Waals surface area (Å²) in [5, 5.41) is 0. The van der Waals surface area contributed by atoms with Crippen LogP contribution in [0.15, 0.2) is 27.7 Å². The van der Waals surface area contributed by atoms with Gasteiger partial charge in [-0.3, -0.25) is 13.3 Å². The number of halogens is 2. The van der Waals surface area contributed by atoms with Gasteiger partial charge in [0.05, 0.1) is 18.8 Å². The first-order chi connectivity index (χ1) is 15.6. The second kappa shape index (κ2) is 8.99. The third-order valence-electron chi connectivity index (χ3n) is 7.25. The van der Waals surface area contributed by atoms with Gasteiger partial charge in [0, 0.05) is 21.9 Å². The molecule has 6 nitrogen and oxygen atoms in total. The molecule has 1 aliphatic heterocycles. The lowest BCUT2D eigenvalue weighted by Crippen LogP contribution is -2.67. The van der Waals surface area contributed by atoms with Crippen molar-refractivity contribution in [2.24, 2.45) is 4.99 Å². The van der Waals surface area contributed by atoms with Crippen LogP contribution in [0.1, 0.15) is 47.1 Å². The molecule has 2 rings (SSSR count). The highest BCUT2D eigenvalue weighted by atomic mass is 79.9. The highest BCUT2D eigenvalue weighted by Gasteiger charge is 2.65. The molecule has 0 fully saturated rings. The summed E-state index contributed by atoms with van der Waals surface area (Å²) in [5.41, 5.74) is -1.14. The van der Waals surface area contributed by atoms with Gasteiger partial charge in [-0.1, -0.05) is 15.9 Å². The van der Waals surface area contributed by atoms with E-state index in [9.17, 15) is 4.79 Å². The van der Waals surface area contributed by atoms with Crippen molar-refractivity contribution >= 4 is 36.2 Å². The van der Waals surface area contributed by atoms with Crippen LogP contribution < -0.4 is 0 Å². The number of hydrogen-bond acceptors (Lipinski definition) is 5. The van der Waals surface area contributed by atoms with Gasteiger partial charge in [0.25, 0.3) is 0 Å². The molecule has 0 bridgehead atoms. The summed E-state index contributed by atoms with van der Waals surface area (Å²) in [4.78, 5) is 20.2. The van der Waals surface area contributed by atoms with Gasteiger partial charge < -0.3 is 14.2 Å². The molecule has 0 aromatic heterocycles. The fourth-order valence-electron chi connectivity index (χ4n) is 4.52. The summed E-state index contributed by atoms with van der Waals surface area (Å²) < 4.78 is 32.2. The van der Waals surface area contributed by atoms with Crippen molar-refractivity contribution in [3.63, 3.8) is 0 Å². The van der Waals surface area contributed by atoms with Gasteiger partial charge in [-0.25, -0.2) is 14.1 Å². The number of nitrogens with zero attached hydrogens (tertiary/aromatic N) is 2. The van der Waals surface area contributed by atoms with Crippen molar-refractivity contribution in [2.75, 3.05) is 57.8 Å². The summed E-state index contributed by atoms with van der Waals surface area (Å²) in [5.74, 6) is 0.852. The van der Waals surface area contributed by atoms with Crippen LogP contribution in [-0.2, 0) is 19.7 Å². The Morgan fingerprint density at radius 2 is 1.77 bits per heavy atom. The van der Waals surface area contributed by atoms with Crippen LogP contribution in [0.2, 0.25) is 0 Å². The molecule has 0 radical (unpaired) electrons. The predicted molar refractivity (Wildman–Crippen MR) is 150 cm³/mol. The van der Waals surface area contributed by atoms with E-state index in [1.807, 2.05) is 27.7 Å². The monoisotopic (exact) mass is 578 g/mol. The number of aliphatic imine (C=N–C) groups is 1. The zero-order chi connectivity index (χ0) is 27.2. The summed E-state index contributed by atoms with van der Waals surface area (Å²) in [6.07, 6.45) is 8.57. The van der Waals surface area contributed by atoms with E-state index in [4.69, 9.17) is 19.2 Å². The average molecular weight is 580 g/mol. The number of carbonyl (C=O) groups is 1. The third kappa shape index (κ3) is 6.22. The minimum absolute atomic E-state index is 0.0502. The van der Waals surface area contributed by atoms with Gasteiger partial charge in [-0.2, -0.15) is 0 Å². The fraction of sp³-hybridized carbons (Fsp3) is 0.692. The molecule has 202 valence electrons. The highest BCUT2D eigenvalue weighted by molar-refractivity contribution is 9.10. The zero-order valence-corrected chi connectivity index (χ0v) is 25.7. The normalized spacial score (nSPS) is 26.4. The number of methoxy groups -OCH3 is 1. The molecule has 1 atom stereocenters. The van der Waals surface area contributed by atoms with Crippen LogP contribution in [0.25, 0.3) is 0 Å². The van der Waals surface area contributed by atoms with E-state index < -0.39 is 30.3 Å². The Hall–Kier alpha value is -1.16. The first-order valence-corrected chi connectivity index (χ1v) is 16.7. The molecular formula is C26H44BrFN2O4S. The topological polar surface area (TPSA) is 60.4 Å². The minimum atomic E-state index is -3.06. The molecule has 0 aliphatic carbocycles. The number of ether oxygens (including phenoxy) is 3. The molecule has 0 unspecified atom stereocenters. The van der Waals surface area contributed by atoms with E-state index in [2.05, 4.69) is 54.8 Å². The smallest absolute Gasteiger partial charge is 0.417 e. The van der Waals surface area contributed by atoms with Crippen molar-refractivity contribution in [3.05, 3.63) is 34.1 Å². The minimum Gasteiger partial charge on any atom is -0.443 e. The second-order valence-electron chi connectivity index (χ2n) is 13.5. The van der Waals surface area contributed by atoms with Crippen LogP contribution >= 0.6 is 24.2 Å². The lowest BCUT2D eigenvalue weighted by atomic mass is 9.93. The molecule has 35 heavy (non-hydrogen) atoms. The highest BCUT2D eigenvalue weighted by Crippen LogP contribution is 2.89. The maximum Gasteiger partial charge on any atom is 0.417 e. The standard InChI is InChI=1S/C26H44BrFN2O4S/c1-24(2,3)34-23(31)30(18-33-15-14-32-7)22-25(4,5)35(8,9,10,11)17-26(6,29-22)20-16-19(27)12-13-21(20)28/h12-13,16H,14-15,17-18H2,1-11H3/t26-/m0/s1. The van der Waals surface area contributed by atoms with E-state index in [0.717, 1.165) is 4.47 Å². The number of hydrogen-bond donors (Lipinski definition) is 0. The predicted octanol–water partition coefficient (Wildman–Crippen LogP) is 6.25. The number of rotatable bonds is 6. The average Bonchev–Trinajstić information content (AvgIpc) is 2.64. The molecule has 0 saturated carbocycles. The van der Waals surface area contributed by atoms with Crippen molar-refractivity contribution < 1.29 is 23.4 Å². The van der Waals surface area contributed by atoms with Crippen LogP contribution in [0, 0.1) is 5.82 Å². The summed E-state index contributed by atoms with van der Waals surface area (Å²) in [7, 11) is -1.47. The maximum atomic E-state index is 15.3. The van der Waals surface area contributed by atoms with Gasteiger partial charge in [0.2, 0.25) is 0 Å². The van der Waals surface area contributed by atoms with Gasteiger partial charge in [-0.15, -0.1) is 0 Å². The van der Waals surface area contributed by atoms with E-state index >= 15 is 4.39 Å². The van der Waals surface area contributed by atoms with Crippen LogP contribution in [-0.4, -0.2) is 85.0 Å². The summed E-state index contributed by atoms with van der Waals surface area (Å²) in [6.45, 7) is 12.3. The Morgan fingerprint density at radius 1 is 1.17 bits per heavy atom. The molecule has 1 aromatic carbocycles. The Bertz CT molecular complexity index is 1010. The number of benzene rings is 1. The molecule has 1 aliphatic rings. The van der Waals surface area contributed by atoms with Gasteiger partial charge in [0.15, 0.2) is 0 Å². The SMILES string of the molecule is COCCOCN(C(=O)OC(C)(C)C)C1=N[C@](C)(c2cc(Br)ccc2F)CS(C)(C)(C)(C)C1(C)C. The first-order valence-electron chi connectivity index (χ1n) is 11.7. The molecule has 1 heterocycles. The van der Waals surface area contributed by atoms with Crippen LogP contribution in [0.4, 0.5) is 9.18 Å². The number of carbonyl (C=O) groups excluding carboxylic acids is 1. The van der Waals surface area contributed by atoms with Crippen molar-refractivity contribution in [1.29, 1.82) is 0 Å². The van der Waals surface area contributed by atoms with Crippen LogP contribution in [0.5, 0.6) is 0 Å². The van der Waals surface area contributed by atoms with E-state index in [1.54, 1.807) is 19.2 Å². The molecule has 0 spiro atoms. The third-order valence-corrected chi connectivity index (χ3v) is 14.6. The quantitative estimate of drug-likeness (QED) is 0.296. The van der Waals surface area contributed by atoms with Crippen molar-refractivity contribution in [3.8, 4) is 0 Å². The lowest BCUT2D eigenvalue weighted by Gasteiger charge is -2.81. The molecule has 1 aromatic rings. The Morgan fingerprint density at radius 3 is 2.31 bits per heavy atom. The number of amides is 1. The Balaban J connectivity index is 2.80. The summed E-state index contributed by atoms with van der Waals surface area (Å²) >= 11 is 3.49. The lowest BCUT2D eigenvalue weighted by molar-refractivity contribution is -0.00308. The second-order valence-corrected chi connectivity index (χ2v) is 24.8. The molecule has 9 heteroatoms. The molecule has 0 N–H and O–H groups in total. The van der Waals surface area contributed by atoms with Crippen molar-refractivity contribution in [2.45, 2.75) is 57.4 Å². The first kappa shape index (κ1) is 30.1. The molecular weight excluding hydrogens is 535 g/mol. The summed E-state index contributed by atoms with van der Waals surface area (Å²) in [6, 6.07) is 4.92. The maximum absolute atomic E-state index is 15.3. The zero-order valence-electron chi connectivity index (χ0n) is 23.3. The Labute approximate surface area is 218 Å². The van der Waals surface area contributed by atoms with E-state index in [-0.39, 0.29) is 12.5 Å². The van der Waals surface area contributed by atoms with Crippen LogP contribution in [0.3, 0.4) is 0 Å². The van der Waals surface area contributed by atoms with Crippen molar-refractivity contribution in [1.82, 2.24) is 4.90 Å². The Kier molecular flexibility index (Phi) is 7.73. The van der Waals surface area contributed by atoms with E-state index in [1.165, 1.54) is 11.0 Å². The van der Waals surface area contributed by atoms with Gasteiger partial charge in [0.1, 0.15) is 24.0 Å². The van der Waals surface area contributed by atoms with Gasteiger partial charge in [-0.05, 0) is 90.5 Å².